The number of carbonyl (C=O) groups excluding carboxylic acids is 2. The molecule has 2 amide bonds. The molecule has 0 spiro atoms. The number of nitrogens with zero attached hydrogens (tertiary/aromatic N) is 2. The molecular formula is C19H34N2O2. The fourth-order valence-corrected chi connectivity index (χ4v) is 3.81. The first-order valence-electron chi connectivity index (χ1n) is 9.45. The minimum Gasteiger partial charge on any atom is -0.339 e. The lowest BCUT2D eigenvalue weighted by molar-refractivity contribution is -0.145. The zero-order valence-electron chi connectivity index (χ0n) is 15.3. The number of hydrogen-bond acceptors (Lipinski definition) is 2. The van der Waals surface area contributed by atoms with Crippen LogP contribution < -0.4 is 0 Å². The number of rotatable bonds is 4. The molecule has 2 fully saturated rings. The average molecular weight is 322 g/mol. The van der Waals surface area contributed by atoms with Crippen molar-refractivity contribution in [1.82, 2.24) is 9.80 Å². The predicted molar refractivity (Wildman–Crippen MR) is 93.0 cm³/mol. The number of hydrogen-bond donors (Lipinski definition) is 0. The van der Waals surface area contributed by atoms with Gasteiger partial charge >= 0.3 is 0 Å². The highest BCUT2D eigenvalue weighted by Gasteiger charge is 2.30. The number of amides is 2. The Hall–Kier alpha value is -1.06. The van der Waals surface area contributed by atoms with Gasteiger partial charge in [-0.3, -0.25) is 9.59 Å². The molecule has 2 rings (SSSR count). The Morgan fingerprint density at radius 3 is 2.04 bits per heavy atom. The molecule has 0 N–H and O–H groups in total. The second kappa shape index (κ2) is 8.16. The third-order valence-corrected chi connectivity index (χ3v) is 5.29. The van der Waals surface area contributed by atoms with Crippen LogP contribution in [0.1, 0.15) is 72.1 Å². The van der Waals surface area contributed by atoms with Crippen LogP contribution in [0, 0.1) is 11.3 Å². The zero-order chi connectivity index (χ0) is 16.9. The third kappa shape index (κ3) is 5.50. The lowest BCUT2D eigenvalue weighted by Crippen LogP contribution is -2.53. The summed E-state index contributed by atoms with van der Waals surface area (Å²) in [5, 5.41) is 0. The Morgan fingerprint density at radius 2 is 1.48 bits per heavy atom. The molecule has 0 aromatic rings. The summed E-state index contributed by atoms with van der Waals surface area (Å²) in [5.74, 6) is 1.34. The van der Waals surface area contributed by atoms with Gasteiger partial charge in [-0.1, -0.05) is 52.9 Å². The van der Waals surface area contributed by atoms with E-state index in [1.54, 1.807) is 0 Å². The summed E-state index contributed by atoms with van der Waals surface area (Å²) in [6.07, 6.45) is 9.81. The monoisotopic (exact) mass is 322 g/mol. The molecule has 1 heterocycles. The molecule has 0 unspecified atom stereocenters. The topological polar surface area (TPSA) is 40.6 Å². The van der Waals surface area contributed by atoms with Gasteiger partial charge in [-0.15, -0.1) is 0 Å². The summed E-state index contributed by atoms with van der Waals surface area (Å²) < 4.78 is 0. The molecule has 1 aliphatic heterocycles. The molecule has 0 atom stereocenters. The number of carbonyl (C=O) groups is 2. The van der Waals surface area contributed by atoms with Crippen LogP contribution in [0.5, 0.6) is 0 Å². The zero-order valence-corrected chi connectivity index (χ0v) is 15.3. The van der Waals surface area contributed by atoms with E-state index in [0.717, 1.165) is 12.3 Å². The van der Waals surface area contributed by atoms with Gasteiger partial charge in [-0.2, -0.15) is 0 Å². The van der Waals surface area contributed by atoms with Gasteiger partial charge in [0, 0.05) is 38.0 Å². The first-order valence-corrected chi connectivity index (χ1v) is 9.45. The van der Waals surface area contributed by atoms with Crippen molar-refractivity contribution in [3.05, 3.63) is 0 Å². The van der Waals surface area contributed by atoms with Crippen molar-refractivity contribution < 1.29 is 9.59 Å². The first kappa shape index (κ1) is 18.3. The maximum Gasteiger partial charge on any atom is 0.228 e. The molecule has 0 aromatic carbocycles. The summed E-state index contributed by atoms with van der Waals surface area (Å²) in [4.78, 5) is 28.5. The van der Waals surface area contributed by atoms with Crippen molar-refractivity contribution in [2.24, 2.45) is 11.3 Å². The van der Waals surface area contributed by atoms with E-state index in [-0.39, 0.29) is 17.2 Å². The van der Waals surface area contributed by atoms with Crippen LogP contribution >= 0.6 is 0 Å². The van der Waals surface area contributed by atoms with Gasteiger partial charge in [0.15, 0.2) is 0 Å². The normalized spacial score (nSPS) is 20.7. The van der Waals surface area contributed by atoms with Crippen LogP contribution in [0.15, 0.2) is 0 Å². The van der Waals surface area contributed by atoms with Crippen molar-refractivity contribution in [3.8, 4) is 0 Å². The molecule has 1 aliphatic carbocycles. The van der Waals surface area contributed by atoms with Gasteiger partial charge in [-0.05, 0) is 18.8 Å². The second-order valence-corrected chi connectivity index (χ2v) is 8.32. The molecule has 4 nitrogen and oxygen atoms in total. The van der Waals surface area contributed by atoms with Crippen molar-refractivity contribution in [2.75, 3.05) is 26.2 Å². The smallest absolute Gasteiger partial charge is 0.228 e. The third-order valence-electron chi connectivity index (χ3n) is 5.29. The Labute approximate surface area is 141 Å². The van der Waals surface area contributed by atoms with E-state index in [0.29, 0.717) is 32.6 Å². The molecule has 2 aliphatic rings. The van der Waals surface area contributed by atoms with E-state index in [1.165, 1.54) is 38.5 Å². The average Bonchev–Trinajstić information content (AvgIpc) is 2.54. The van der Waals surface area contributed by atoms with Crippen LogP contribution in [-0.4, -0.2) is 47.8 Å². The first-order chi connectivity index (χ1) is 10.9. The summed E-state index contributed by atoms with van der Waals surface area (Å²) >= 11 is 0. The molecule has 1 saturated carbocycles. The molecule has 132 valence electrons. The fraction of sp³-hybridized carbons (Fsp3) is 0.895. The number of piperazine rings is 1. The van der Waals surface area contributed by atoms with Gasteiger partial charge in [-0.25, -0.2) is 0 Å². The van der Waals surface area contributed by atoms with E-state index >= 15 is 0 Å². The Morgan fingerprint density at radius 1 is 0.913 bits per heavy atom. The van der Waals surface area contributed by atoms with E-state index < -0.39 is 0 Å². The minimum absolute atomic E-state index is 0.196. The summed E-state index contributed by atoms with van der Waals surface area (Å²) in [5.41, 5.74) is -0.327. The summed E-state index contributed by atoms with van der Waals surface area (Å²) in [6.45, 7) is 8.64. The van der Waals surface area contributed by atoms with Crippen LogP contribution in [-0.2, 0) is 9.59 Å². The second-order valence-electron chi connectivity index (χ2n) is 8.32. The van der Waals surface area contributed by atoms with Crippen LogP contribution in [0.3, 0.4) is 0 Å². The summed E-state index contributed by atoms with van der Waals surface area (Å²) in [6, 6.07) is 0. The van der Waals surface area contributed by atoms with Gasteiger partial charge in [0.2, 0.25) is 11.8 Å². The minimum atomic E-state index is -0.327. The Balaban J connectivity index is 1.66. The lowest BCUT2D eigenvalue weighted by atomic mass is 9.86. The Kier molecular flexibility index (Phi) is 6.49. The van der Waals surface area contributed by atoms with Crippen LogP contribution in [0.2, 0.25) is 0 Å². The SMILES string of the molecule is CC(C)(C)C(=O)N1CCN(C(=O)CCCC2CCCCC2)CC1. The van der Waals surface area contributed by atoms with E-state index in [9.17, 15) is 9.59 Å². The molecule has 1 saturated heterocycles. The van der Waals surface area contributed by atoms with Crippen molar-refractivity contribution in [3.63, 3.8) is 0 Å². The summed E-state index contributed by atoms with van der Waals surface area (Å²) in [7, 11) is 0. The molecule has 0 aromatic heterocycles. The van der Waals surface area contributed by atoms with Crippen molar-refractivity contribution in [1.29, 1.82) is 0 Å². The molecule has 0 bridgehead atoms. The standard InChI is InChI=1S/C19H34N2O2/c1-19(2,3)18(23)21-14-12-20(13-15-21)17(22)11-7-10-16-8-5-4-6-9-16/h16H,4-15H2,1-3H3. The van der Waals surface area contributed by atoms with Gasteiger partial charge in [0.1, 0.15) is 0 Å². The quantitative estimate of drug-likeness (QED) is 0.795. The maximum atomic E-state index is 12.3. The van der Waals surface area contributed by atoms with E-state index in [2.05, 4.69) is 0 Å². The van der Waals surface area contributed by atoms with Gasteiger partial charge < -0.3 is 9.80 Å². The lowest BCUT2D eigenvalue weighted by Gasteiger charge is -2.37. The highest BCUT2D eigenvalue weighted by atomic mass is 16.2. The van der Waals surface area contributed by atoms with Crippen molar-refractivity contribution >= 4 is 11.8 Å². The fourth-order valence-electron chi connectivity index (χ4n) is 3.81. The maximum absolute atomic E-state index is 12.3. The van der Waals surface area contributed by atoms with E-state index in [1.807, 2.05) is 30.6 Å². The Bertz CT molecular complexity index is 400. The van der Waals surface area contributed by atoms with Crippen molar-refractivity contribution in [2.45, 2.75) is 72.1 Å². The molecular weight excluding hydrogens is 288 g/mol. The molecule has 23 heavy (non-hydrogen) atoms. The van der Waals surface area contributed by atoms with Crippen LogP contribution in [0.4, 0.5) is 0 Å². The molecule has 4 heteroatoms. The highest BCUT2D eigenvalue weighted by Crippen LogP contribution is 2.28. The van der Waals surface area contributed by atoms with Crippen LogP contribution in [0.25, 0.3) is 0 Å². The predicted octanol–water partition coefficient (Wildman–Crippen LogP) is 3.45. The van der Waals surface area contributed by atoms with E-state index in [4.69, 9.17) is 0 Å². The molecule has 0 radical (unpaired) electrons. The van der Waals surface area contributed by atoms with Gasteiger partial charge in [0.25, 0.3) is 0 Å². The van der Waals surface area contributed by atoms with Gasteiger partial charge in [0.05, 0.1) is 0 Å². The largest absolute Gasteiger partial charge is 0.339 e. The highest BCUT2D eigenvalue weighted by molar-refractivity contribution is 5.82.